The van der Waals surface area contributed by atoms with Gasteiger partial charge in [-0.25, -0.2) is 0 Å². The topological polar surface area (TPSA) is 47.6 Å². The van der Waals surface area contributed by atoms with Crippen molar-refractivity contribution in [2.45, 2.75) is 32.9 Å². The van der Waals surface area contributed by atoms with Gasteiger partial charge >= 0.3 is 0 Å². The summed E-state index contributed by atoms with van der Waals surface area (Å²) in [5.74, 6) is 1.29. The van der Waals surface area contributed by atoms with Gasteiger partial charge in [0.25, 0.3) is 5.91 Å². The SMILES string of the molecule is COc1ccccc1C(C)NC(=O)C(C)Oc1cccc(C)c1. The van der Waals surface area contributed by atoms with Crippen LogP contribution in [0.3, 0.4) is 0 Å². The minimum Gasteiger partial charge on any atom is -0.496 e. The quantitative estimate of drug-likeness (QED) is 0.885. The number of rotatable bonds is 6. The molecule has 4 nitrogen and oxygen atoms in total. The van der Waals surface area contributed by atoms with E-state index in [1.54, 1.807) is 14.0 Å². The van der Waals surface area contributed by atoms with Crippen LogP contribution in [0.15, 0.2) is 48.5 Å². The van der Waals surface area contributed by atoms with Crippen molar-refractivity contribution < 1.29 is 14.3 Å². The van der Waals surface area contributed by atoms with Crippen LogP contribution in [0.5, 0.6) is 11.5 Å². The first-order chi connectivity index (χ1) is 11.0. The number of carbonyl (C=O) groups is 1. The average molecular weight is 313 g/mol. The zero-order valence-electron chi connectivity index (χ0n) is 14.0. The van der Waals surface area contributed by atoms with E-state index in [1.807, 2.05) is 62.4 Å². The second kappa shape index (κ2) is 7.68. The van der Waals surface area contributed by atoms with Gasteiger partial charge in [-0.1, -0.05) is 30.3 Å². The Morgan fingerprint density at radius 2 is 1.83 bits per heavy atom. The molecule has 4 heteroatoms. The van der Waals surface area contributed by atoms with E-state index in [2.05, 4.69) is 5.32 Å². The molecule has 0 aliphatic heterocycles. The van der Waals surface area contributed by atoms with Gasteiger partial charge in [0.2, 0.25) is 0 Å². The Morgan fingerprint density at radius 1 is 1.09 bits per heavy atom. The maximum atomic E-state index is 12.3. The van der Waals surface area contributed by atoms with Crippen LogP contribution in [0.4, 0.5) is 0 Å². The van der Waals surface area contributed by atoms with Crippen LogP contribution in [0.25, 0.3) is 0 Å². The van der Waals surface area contributed by atoms with Crippen LogP contribution in [0.2, 0.25) is 0 Å². The van der Waals surface area contributed by atoms with Crippen LogP contribution in [0, 0.1) is 6.92 Å². The van der Waals surface area contributed by atoms with E-state index in [9.17, 15) is 4.79 Å². The van der Waals surface area contributed by atoms with Crippen molar-refractivity contribution in [3.8, 4) is 11.5 Å². The van der Waals surface area contributed by atoms with E-state index >= 15 is 0 Å². The normalized spacial score (nSPS) is 13.0. The highest BCUT2D eigenvalue weighted by molar-refractivity contribution is 5.81. The molecule has 122 valence electrons. The van der Waals surface area contributed by atoms with E-state index in [1.165, 1.54) is 0 Å². The van der Waals surface area contributed by atoms with Gasteiger partial charge in [0.15, 0.2) is 6.10 Å². The number of carbonyl (C=O) groups excluding carboxylic acids is 1. The minimum absolute atomic E-state index is 0.162. The van der Waals surface area contributed by atoms with Crippen molar-refractivity contribution in [3.05, 3.63) is 59.7 Å². The molecule has 0 fully saturated rings. The molecule has 0 aliphatic carbocycles. The van der Waals surface area contributed by atoms with Gasteiger partial charge in [0, 0.05) is 5.56 Å². The first kappa shape index (κ1) is 16.9. The largest absolute Gasteiger partial charge is 0.496 e. The van der Waals surface area contributed by atoms with E-state index in [0.717, 1.165) is 16.9 Å². The van der Waals surface area contributed by atoms with Gasteiger partial charge < -0.3 is 14.8 Å². The van der Waals surface area contributed by atoms with Crippen molar-refractivity contribution in [1.29, 1.82) is 0 Å². The van der Waals surface area contributed by atoms with Gasteiger partial charge in [0.05, 0.1) is 13.2 Å². The molecular weight excluding hydrogens is 290 g/mol. The summed E-state index contributed by atoms with van der Waals surface area (Å²) in [5.41, 5.74) is 2.03. The first-order valence-corrected chi connectivity index (χ1v) is 7.68. The van der Waals surface area contributed by atoms with Gasteiger partial charge in [-0.15, -0.1) is 0 Å². The summed E-state index contributed by atoms with van der Waals surface area (Å²) >= 11 is 0. The summed E-state index contributed by atoms with van der Waals surface area (Å²) in [5, 5.41) is 2.96. The second-order valence-corrected chi connectivity index (χ2v) is 5.55. The lowest BCUT2D eigenvalue weighted by Gasteiger charge is -2.20. The Hall–Kier alpha value is -2.49. The zero-order valence-corrected chi connectivity index (χ0v) is 14.0. The van der Waals surface area contributed by atoms with Crippen LogP contribution >= 0.6 is 0 Å². The van der Waals surface area contributed by atoms with Crippen LogP contribution in [-0.4, -0.2) is 19.1 Å². The van der Waals surface area contributed by atoms with Gasteiger partial charge in [0.1, 0.15) is 11.5 Å². The van der Waals surface area contributed by atoms with Crippen molar-refractivity contribution in [2.24, 2.45) is 0 Å². The lowest BCUT2D eigenvalue weighted by molar-refractivity contribution is -0.127. The minimum atomic E-state index is -0.575. The molecule has 0 aliphatic rings. The summed E-state index contributed by atoms with van der Waals surface area (Å²) in [7, 11) is 1.62. The lowest BCUT2D eigenvalue weighted by Crippen LogP contribution is -2.37. The Morgan fingerprint density at radius 3 is 2.52 bits per heavy atom. The monoisotopic (exact) mass is 313 g/mol. The van der Waals surface area contributed by atoms with Crippen molar-refractivity contribution in [3.63, 3.8) is 0 Å². The molecule has 0 saturated carbocycles. The average Bonchev–Trinajstić information content (AvgIpc) is 2.54. The summed E-state index contributed by atoms with van der Waals surface area (Å²) in [6.45, 7) is 5.66. The highest BCUT2D eigenvalue weighted by atomic mass is 16.5. The molecule has 0 bridgehead atoms. The molecule has 2 aromatic rings. The van der Waals surface area contributed by atoms with Crippen molar-refractivity contribution >= 4 is 5.91 Å². The number of nitrogens with one attached hydrogen (secondary N) is 1. The van der Waals surface area contributed by atoms with Gasteiger partial charge in [-0.2, -0.15) is 0 Å². The number of methoxy groups -OCH3 is 1. The van der Waals surface area contributed by atoms with Crippen LogP contribution in [-0.2, 0) is 4.79 Å². The predicted molar refractivity (Wildman–Crippen MR) is 90.8 cm³/mol. The number of ether oxygens (including phenoxy) is 2. The Labute approximate surface area is 137 Å². The van der Waals surface area contributed by atoms with Crippen molar-refractivity contribution in [1.82, 2.24) is 5.32 Å². The van der Waals surface area contributed by atoms with Crippen LogP contribution in [0.1, 0.15) is 31.0 Å². The molecule has 2 atom stereocenters. The van der Waals surface area contributed by atoms with E-state index in [4.69, 9.17) is 9.47 Å². The molecule has 2 unspecified atom stereocenters. The molecule has 2 aromatic carbocycles. The van der Waals surface area contributed by atoms with E-state index in [-0.39, 0.29) is 11.9 Å². The molecule has 0 saturated heterocycles. The second-order valence-electron chi connectivity index (χ2n) is 5.55. The summed E-state index contributed by atoms with van der Waals surface area (Å²) in [6.07, 6.45) is -0.575. The molecule has 0 spiro atoms. The third-order valence-corrected chi connectivity index (χ3v) is 3.64. The molecule has 1 amide bonds. The summed E-state index contributed by atoms with van der Waals surface area (Å²) < 4.78 is 11.0. The molecule has 0 heterocycles. The fourth-order valence-corrected chi connectivity index (χ4v) is 2.38. The van der Waals surface area contributed by atoms with E-state index in [0.29, 0.717) is 5.75 Å². The number of hydrogen-bond donors (Lipinski definition) is 1. The maximum absolute atomic E-state index is 12.3. The van der Waals surface area contributed by atoms with Gasteiger partial charge in [-0.3, -0.25) is 4.79 Å². The predicted octanol–water partition coefficient (Wildman–Crippen LogP) is 3.65. The number of hydrogen-bond acceptors (Lipinski definition) is 3. The molecule has 0 aromatic heterocycles. The fraction of sp³-hybridized carbons (Fsp3) is 0.316. The molecule has 23 heavy (non-hydrogen) atoms. The van der Waals surface area contributed by atoms with Crippen LogP contribution < -0.4 is 14.8 Å². The maximum Gasteiger partial charge on any atom is 0.261 e. The number of benzene rings is 2. The Balaban J connectivity index is 2.00. The molecule has 1 N–H and O–H groups in total. The molecule has 0 radical (unpaired) electrons. The zero-order chi connectivity index (χ0) is 16.8. The Kier molecular flexibility index (Phi) is 5.63. The number of aryl methyl sites for hydroxylation is 1. The fourth-order valence-electron chi connectivity index (χ4n) is 2.38. The molecule has 2 rings (SSSR count). The third kappa shape index (κ3) is 4.49. The first-order valence-electron chi connectivity index (χ1n) is 7.68. The third-order valence-electron chi connectivity index (χ3n) is 3.64. The Bertz CT molecular complexity index is 669. The highest BCUT2D eigenvalue weighted by Gasteiger charge is 2.19. The highest BCUT2D eigenvalue weighted by Crippen LogP contribution is 2.24. The lowest BCUT2D eigenvalue weighted by atomic mass is 10.1. The summed E-state index contributed by atoms with van der Waals surface area (Å²) in [6, 6.07) is 15.1. The smallest absolute Gasteiger partial charge is 0.261 e. The number of amides is 1. The summed E-state index contributed by atoms with van der Waals surface area (Å²) in [4.78, 5) is 12.3. The molecular formula is C19H23NO3. The number of para-hydroxylation sites is 1. The van der Waals surface area contributed by atoms with Crippen molar-refractivity contribution in [2.75, 3.05) is 7.11 Å². The van der Waals surface area contributed by atoms with Gasteiger partial charge in [-0.05, 0) is 44.5 Å². The van der Waals surface area contributed by atoms with E-state index < -0.39 is 6.10 Å². The standard InChI is InChI=1S/C19H23NO3/c1-13-8-7-9-16(12-13)23-15(3)19(21)20-14(2)17-10-5-6-11-18(17)22-4/h5-12,14-15H,1-4H3,(H,20,21).